The Kier molecular flexibility index (Phi) is 8.66. The molecule has 0 saturated heterocycles. The van der Waals surface area contributed by atoms with Crippen molar-refractivity contribution in [1.82, 2.24) is 14.3 Å². The highest BCUT2D eigenvalue weighted by Crippen LogP contribution is 2.44. The number of halogens is 3. The molecule has 3 aromatic carbocycles. The number of nitrogens with zero attached hydrogens (tertiary/aromatic N) is 3. The molecular formula is C34H36ClF2N3O4. The Hall–Kier alpha value is -3.50. The molecule has 2 aromatic heterocycles. The van der Waals surface area contributed by atoms with E-state index < -0.39 is 25.2 Å². The lowest BCUT2D eigenvalue weighted by atomic mass is 9.98. The molecule has 1 aliphatic rings. The van der Waals surface area contributed by atoms with Gasteiger partial charge in [0, 0.05) is 54.2 Å². The second-order valence-electron chi connectivity index (χ2n) is 11.2. The largest absolute Gasteiger partial charge is 0.493 e. The minimum absolute atomic E-state index is 0.0686. The number of aliphatic hydroxyl groups is 1. The maximum Gasteiger partial charge on any atom is 0.272 e. The number of hydrogen-bond acceptors (Lipinski definition) is 5. The first-order chi connectivity index (χ1) is 21.2. The van der Waals surface area contributed by atoms with Gasteiger partial charge in [-0.05, 0) is 49.8 Å². The monoisotopic (exact) mass is 623 g/mol. The number of alkyl halides is 2. The van der Waals surface area contributed by atoms with Gasteiger partial charge in [0.2, 0.25) is 0 Å². The Morgan fingerprint density at radius 2 is 1.89 bits per heavy atom. The summed E-state index contributed by atoms with van der Waals surface area (Å²) in [5, 5.41) is 19.4. The first kappa shape index (κ1) is 30.5. The fourth-order valence-electron chi connectivity index (χ4n) is 6.26. The Bertz CT molecular complexity index is 1810. The smallest absolute Gasteiger partial charge is 0.272 e. The summed E-state index contributed by atoms with van der Waals surface area (Å²) in [5.41, 5.74) is 4.73. The molecule has 0 spiro atoms. The minimum atomic E-state index is -3.09. The minimum Gasteiger partial charge on any atom is -0.493 e. The average molecular weight is 624 g/mol. The molecule has 3 heterocycles. The van der Waals surface area contributed by atoms with E-state index >= 15 is 8.78 Å². The number of fused-ring (bicyclic) bond motifs is 3. The van der Waals surface area contributed by atoms with Gasteiger partial charge in [-0.2, -0.15) is 5.10 Å². The predicted octanol–water partition coefficient (Wildman–Crippen LogP) is 7.75. The number of aliphatic hydroxyl groups excluding tert-OH is 1. The standard InChI is InChI=1S/C34H36ClF2N3O4/c1-4-43-33(41)32-24(12-8-18-44-28-13-7-10-22-9-5-6-11-23(22)28)25-14-15-26(35)30-29-21(2)39(3)38-27(29)19-42-20-34(36,37)16-17-40(32)31(25)30/h5-7,9-11,13-15,33,41H,4,8,12,16-20H2,1-3H3. The fraction of sp³-hybridized carbons (Fsp3) is 0.382. The summed E-state index contributed by atoms with van der Waals surface area (Å²) in [4.78, 5) is 0. The van der Waals surface area contributed by atoms with Crippen molar-refractivity contribution >= 4 is 33.3 Å². The van der Waals surface area contributed by atoms with E-state index in [4.69, 9.17) is 25.8 Å². The van der Waals surface area contributed by atoms with Gasteiger partial charge in [-0.15, -0.1) is 0 Å². The molecule has 1 N–H and O–H groups in total. The van der Waals surface area contributed by atoms with Crippen molar-refractivity contribution in [1.29, 1.82) is 0 Å². The van der Waals surface area contributed by atoms with E-state index in [1.165, 1.54) is 0 Å². The number of hydrogen-bond donors (Lipinski definition) is 1. The van der Waals surface area contributed by atoms with E-state index in [2.05, 4.69) is 5.10 Å². The Morgan fingerprint density at radius 3 is 2.70 bits per heavy atom. The molecule has 0 aliphatic carbocycles. The molecule has 0 bridgehead atoms. The molecule has 5 aromatic rings. The summed E-state index contributed by atoms with van der Waals surface area (Å²) in [5.74, 6) is -2.29. The molecule has 1 unspecified atom stereocenters. The van der Waals surface area contributed by atoms with Crippen LogP contribution in [0.5, 0.6) is 5.75 Å². The molecule has 232 valence electrons. The lowest BCUT2D eigenvalue weighted by molar-refractivity contribution is -0.106. The number of rotatable bonds is 8. The third kappa shape index (κ3) is 5.70. The van der Waals surface area contributed by atoms with Gasteiger partial charge in [0.1, 0.15) is 12.4 Å². The van der Waals surface area contributed by atoms with Crippen molar-refractivity contribution < 1.29 is 28.1 Å². The zero-order valence-corrected chi connectivity index (χ0v) is 25.8. The van der Waals surface area contributed by atoms with Crippen molar-refractivity contribution in [3.63, 3.8) is 0 Å². The molecular weight excluding hydrogens is 588 g/mol. The first-order valence-corrected chi connectivity index (χ1v) is 15.3. The van der Waals surface area contributed by atoms with Crippen LogP contribution in [0, 0.1) is 6.92 Å². The quantitative estimate of drug-likeness (QED) is 0.141. The first-order valence-electron chi connectivity index (χ1n) is 14.9. The van der Waals surface area contributed by atoms with Crippen molar-refractivity contribution in [2.45, 2.75) is 58.5 Å². The molecule has 10 heteroatoms. The number of benzene rings is 3. The number of ether oxygens (including phenoxy) is 3. The van der Waals surface area contributed by atoms with Crippen LogP contribution in [0.2, 0.25) is 5.02 Å². The fourth-order valence-corrected chi connectivity index (χ4v) is 6.51. The Morgan fingerprint density at radius 1 is 1.09 bits per heavy atom. The van der Waals surface area contributed by atoms with Gasteiger partial charge in [0.15, 0.2) is 6.29 Å². The summed E-state index contributed by atoms with van der Waals surface area (Å²) in [6.07, 6.45) is -0.666. The maximum atomic E-state index is 15.1. The van der Waals surface area contributed by atoms with Crippen molar-refractivity contribution in [3.05, 3.63) is 82.3 Å². The summed E-state index contributed by atoms with van der Waals surface area (Å²) < 4.78 is 51.1. The third-order valence-electron chi connectivity index (χ3n) is 8.37. The van der Waals surface area contributed by atoms with Crippen LogP contribution in [0.15, 0.2) is 54.6 Å². The highest BCUT2D eigenvalue weighted by molar-refractivity contribution is 6.35. The lowest BCUT2D eigenvalue weighted by Gasteiger charge is -2.21. The molecule has 44 heavy (non-hydrogen) atoms. The molecule has 6 rings (SSSR count). The van der Waals surface area contributed by atoms with Crippen molar-refractivity contribution in [2.24, 2.45) is 7.05 Å². The highest BCUT2D eigenvalue weighted by atomic mass is 35.5. The van der Waals surface area contributed by atoms with Crippen LogP contribution in [0.1, 0.15) is 48.7 Å². The molecule has 0 amide bonds. The Balaban J connectivity index is 1.47. The number of aromatic nitrogens is 3. The topological polar surface area (TPSA) is 70.7 Å². The predicted molar refractivity (Wildman–Crippen MR) is 167 cm³/mol. The Labute approximate surface area is 259 Å². The van der Waals surface area contributed by atoms with Crippen LogP contribution >= 0.6 is 11.6 Å². The SMILES string of the molecule is CCOC(O)c1c(CCCOc2cccc3ccccc23)c2ccc(Cl)c3c2n1CCC(F)(F)COCc1nn(C)c(C)c1-3. The van der Waals surface area contributed by atoms with Gasteiger partial charge < -0.3 is 23.9 Å². The van der Waals surface area contributed by atoms with Gasteiger partial charge >= 0.3 is 0 Å². The second-order valence-corrected chi connectivity index (χ2v) is 11.6. The van der Waals surface area contributed by atoms with E-state index in [9.17, 15) is 5.11 Å². The molecule has 1 aliphatic heterocycles. The van der Waals surface area contributed by atoms with Crippen LogP contribution in [0.3, 0.4) is 0 Å². The van der Waals surface area contributed by atoms with E-state index in [1.807, 2.05) is 68.6 Å². The highest BCUT2D eigenvalue weighted by Gasteiger charge is 2.34. The normalized spacial score (nSPS) is 15.7. The second kappa shape index (κ2) is 12.5. The average Bonchev–Trinajstić information content (AvgIpc) is 3.46. The van der Waals surface area contributed by atoms with Gasteiger partial charge in [0.25, 0.3) is 5.92 Å². The van der Waals surface area contributed by atoms with Crippen LogP contribution in [-0.4, -0.2) is 45.2 Å². The van der Waals surface area contributed by atoms with Gasteiger partial charge in [-0.25, -0.2) is 8.78 Å². The van der Waals surface area contributed by atoms with Crippen LogP contribution in [0.25, 0.3) is 32.8 Å². The molecule has 1 atom stereocenters. The van der Waals surface area contributed by atoms with Crippen LogP contribution < -0.4 is 4.74 Å². The summed E-state index contributed by atoms with van der Waals surface area (Å²) in [7, 11) is 1.81. The van der Waals surface area contributed by atoms with Crippen LogP contribution in [0.4, 0.5) is 8.78 Å². The van der Waals surface area contributed by atoms with Crippen LogP contribution in [-0.2, 0) is 36.1 Å². The van der Waals surface area contributed by atoms with Crippen molar-refractivity contribution in [2.75, 3.05) is 19.8 Å². The summed E-state index contributed by atoms with van der Waals surface area (Å²) in [6, 6.07) is 17.8. The summed E-state index contributed by atoms with van der Waals surface area (Å²) >= 11 is 6.93. The van der Waals surface area contributed by atoms with Crippen molar-refractivity contribution in [3.8, 4) is 16.9 Å². The van der Waals surface area contributed by atoms with Gasteiger partial charge in [0.05, 0.1) is 35.1 Å². The molecule has 7 nitrogen and oxygen atoms in total. The number of aryl methyl sites for hydroxylation is 3. The maximum absolute atomic E-state index is 15.1. The van der Waals surface area contributed by atoms with E-state index in [-0.39, 0.29) is 19.8 Å². The van der Waals surface area contributed by atoms with Gasteiger partial charge in [-0.1, -0.05) is 54.1 Å². The zero-order valence-electron chi connectivity index (χ0n) is 25.1. The van der Waals surface area contributed by atoms with E-state index in [0.29, 0.717) is 46.9 Å². The molecule has 0 saturated carbocycles. The molecule has 0 radical (unpaired) electrons. The zero-order chi connectivity index (χ0) is 31.0. The third-order valence-corrected chi connectivity index (χ3v) is 8.68. The molecule has 0 fully saturated rings. The van der Waals surface area contributed by atoms with E-state index in [1.54, 1.807) is 16.2 Å². The van der Waals surface area contributed by atoms with E-state index in [0.717, 1.165) is 38.7 Å². The van der Waals surface area contributed by atoms with Gasteiger partial charge in [-0.3, -0.25) is 4.68 Å². The summed E-state index contributed by atoms with van der Waals surface area (Å²) in [6.45, 7) is 3.49. The lowest BCUT2D eigenvalue weighted by Crippen LogP contribution is -2.26.